The number of halogens is 1. The van der Waals surface area contributed by atoms with E-state index in [9.17, 15) is 9.59 Å². The summed E-state index contributed by atoms with van der Waals surface area (Å²) in [5, 5.41) is 2.79. The fraction of sp³-hybridized carbons (Fsp3) is 0.556. The lowest BCUT2D eigenvalue weighted by atomic mass is 9.95. The Balaban J connectivity index is 0.00000288. The molecule has 0 radical (unpaired) electrons. The highest BCUT2D eigenvalue weighted by Crippen LogP contribution is 2.26. The number of hydrogen-bond acceptors (Lipinski definition) is 3. The lowest BCUT2D eigenvalue weighted by Gasteiger charge is -2.25. The molecule has 1 aromatic carbocycles. The molecule has 0 saturated carbocycles. The summed E-state index contributed by atoms with van der Waals surface area (Å²) in [5.41, 5.74) is 6.87. The predicted octanol–water partition coefficient (Wildman–Crippen LogP) is 1.91. The molecule has 3 atom stereocenters. The van der Waals surface area contributed by atoms with Crippen molar-refractivity contribution in [1.82, 2.24) is 10.2 Å². The average molecular weight is 354 g/mol. The van der Waals surface area contributed by atoms with Gasteiger partial charge in [-0.2, -0.15) is 0 Å². The molecule has 0 aliphatic carbocycles. The highest BCUT2D eigenvalue weighted by Gasteiger charge is 2.36. The molecule has 2 amide bonds. The Morgan fingerprint density at radius 2 is 1.79 bits per heavy atom. The molecule has 2 rings (SSSR count). The normalized spacial score (nSPS) is 21.8. The summed E-state index contributed by atoms with van der Waals surface area (Å²) < 4.78 is 0. The molecule has 1 heterocycles. The first-order chi connectivity index (χ1) is 10.7. The minimum atomic E-state index is -0.538. The number of rotatable bonds is 3. The molecule has 3 N–H and O–H groups in total. The third-order valence-corrected chi connectivity index (χ3v) is 4.30. The molecule has 1 aromatic rings. The van der Waals surface area contributed by atoms with E-state index in [1.165, 1.54) is 0 Å². The smallest absolute Gasteiger partial charge is 0.244 e. The largest absolute Gasteiger partial charge is 0.344 e. The van der Waals surface area contributed by atoms with Gasteiger partial charge in [0.15, 0.2) is 0 Å². The van der Waals surface area contributed by atoms with Crippen LogP contribution in [0.1, 0.15) is 39.2 Å². The number of carbonyl (C=O) groups is 2. The molecule has 6 heteroatoms. The summed E-state index contributed by atoms with van der Waals surface area (Å²) >= 11 is 0. The van der Waals surface area contributed by atoms with Crippen LogP contribution in [0.5, 0.6) is 0 Å². The lowest BCUT2D eigenvalue weighted by molar-refractivity contribution is -0.137. The molecule has 1 unspecified atom stereocenters. The second-order valence-corrected chi connectivity index (χ2v) is 7.37. The number of hydrogen-bond donors (Lipinski definition) is 2. The van der Waals surface area contributed by atoms with Gasteiger partial charge in [0.25, 0.3) is 0 Å². The first-order valence-corrected chi connectivity index (χ1v) is 8.10. The Kier molecular flexibility index (Phi) is 6.81. The van der Waals surface area contributed by atoms with Crippen LogP contribution in [-0.4, -0.2) is 41.9 Å². The minimum absolute atomic E-state index is 0. The predicted molar refractivity (Wildman–Crippen MR) is 98.0 cm³/mol. The van der Waals surface area contributed by atoms with Crippen LogP contribution < -0.4 is 11.1 Å². The maximum absolute atomic E-state index is 12.6. The molecular weight excluding hydrogens is 326 g/mol. The summed E-state index contributed by atoms with van der Waals surface area (Å²) in [4.78, 5) is 26.4. The Morgan fingerprint density at radius 3 is 2.33 bits per heavy atom. The zero-order valence-electron chi connectivity index (χ0n) is 14.8. The zero-order valence-corrected chi connectivity index (χ0v) is 15.6. The maximum Gasteiger partial charge on any atom is 0.244 e. The van der Waals surface area contributed by atoms with Gasteiger partial charge in [-0.3, -0.25) is 9.59 Å². The van der Waals surface area contributed by atoms with E-state index in [4.69, 9.17) is 5.73 Å². The fourth-order valence-corrected chi connectivity index (χ4v) is 2.81. The summed E-state index contributed by atoms with van der Waals surface area (Å²) in [7, 11) is 0. The second-order valence-electron chi connectivity index (χ2n) is 7.37. The van der Waals surface area contributed by atoms with Crippen LogP contribution in [0.15, 0.2) is 30.3 Å². The van der Waals surface area contributed by atoms with E-state index >= 15 is 0 Å². The molecule has 1 saturated heterocycles. The van der Waals surface area contributed by atoms with Gasteiger partial charge in [0.2, 0.25) is 11.8 Å². The van der Waals surface area contributed by atoms with Gasteiger partial charge in [0.05, 0.1) is 0 Å². The summed E-state index contributed by atoms with van der Waals surface area (Å²) in [5.74, 6) is -0.0522. The van der Waals surface area contributed by atoms with Crippen molar-refractivity contribution in [2.24, 2.45) is 11.1 Å². The van der Waals surface area contributed by atoms with E-state index in [2.05, 4.69) is 5.32 Å². The molecule has 1 fully saturated rings. The number of nitrogens with one attached hydrogen (secondary N) is 1. The van der Waals surface area contributed by atoms with Gasteiger partial charge in [0, 0.05) is 30.5 Å². The third kappa shape index (κ3) is 4.71. The molecule has 0 aromatic heterocycles. The molecule has 1 aliphatic heterocycles. The Bertz CT molecular complexity index is 571. The van der Waals surface area contributed by atoms with E-state index in [-0.39, 0.29) is 36.2 Å². The molecule has 24 heavy (non-hydrogen) atoms. The van der Waals surface area contributed by atoms with Crippen molar-refractivity contribution in [2.75, 3.05) is 13.1 Å². The van der Waals surface area contributed by atoms with Gasteiger partial charge >= 0.3 is 0 Å². The van der Waals surface area contributed by atoms with Crippen LogP contribution in [-0.2, 0) is 9.59 Å². The number of amides is 2. The second kappa shape index (κ2) is 7.99. The van der Waals surface area contributed by atoms with Crippen molar-refractivity contribution < 1.29 is 9.59 Å². The van der Waals surface area contributed by atoms with E-state index in [0.29, 0.717) is 13.1 Å². The van der Waals surface area contributed by atoms with Gasteiger partial charge in [-0.25, -0.2) is 0 Å². The summed E-state index contributed by atoms with van der Waals surface area (Å²) in [6.07, 6.45) is 0. The SMILES string of the molecule is CC(NC(=O)C(C)(C)C)C(=O)N1C[C@@H](N)[C@H](c2ccccc2)C1.Cl. The maximum atomic E-state index is 12.6. The van der Waals surface area contributed by atoms with Crippen molar-refractivity contribution >= 4 is 24.2 Å². The summed E-state index contributed by atoms with van der Waals surface area (Å²) in [6, 6.07) is 9.41. The zero-order chi connectivity index (χ0) is 17.2. The quantitative estimate of drug-likeness (QED) is 0.871. The highest BCUT2D eigenvalue weighted by molar-refractivity contribution is 5.89. The van der Waals surface area contributed by atoms with Gasteiger partial charge in [-0.1, -0.05) is 51.1 Å². The van der Waals surface area contributed by atoms with E-state index in [0.717, 1.165) is 5.56 Å². The van der Waals surface area contributed by atoms with Crippen molar-refractivity contribution in [3.63, 3.8) is 0 Å². The first kappa shape index (κ1) is 20.5. The van der Waals surface area contributed by atoms with Gasteiger partial charge in [0.1, 0.15) is 6.04 Å². The lowest BCUT2D eigenvalue weighted by Crippen LogP contribution is -2.49. The molecule has 0 bridgehead atoms. The van der Waals surface area contributed by atoms with Crippen LogP contribution in [0.25, 0.3) is 0 Å². The monoisotopic (exact) mass is 353 g/mol. The molecule has 0 spiro atoms. The number of nitrogens with zero attached hydrogens (tertiary/aromatic N) is 1. The fourth-order valence-electron chi connectivity index (χ4n) is 2.81. The number of nitrogens with two attached hydrogens (primary N) is 1. The Labute approximate surface area is 150 Å². The topological polar surface area (TPSA) is 75.4 Å². The minimum Gasteiger partial charge on any atom is -0.344 e. The van der Waals surface area contributed by atoms with Crippen molar-refractivity contribution in [1.29, 1.82) is 0 Å². The highest BCUT2D eigenvalue weighted by atomic mass is 35.5. The molecular formula is C18H28ClN3O2. The molecule has 134 valence electrons. The van der Waals surface area contributed by atoms with Crippen LogP contribution in [0.4, 0.5) is 0 Å². The number of carbonyl (C=O) groups excluding carboxylic acids is 2. The average Bonchev–Trinajstić information content (AvgIpc) is 2.88. The molecule has 5 nitrogen and oxygen atoms in total. The molecule has 1 aliphatic rings. The Morgan fingerprint density at radius 1 is 1.21 bits per heavy atom. The van der Waals surface area contributed by atoms with Crippen LogP contribution >= 0.6 is 12.4 Å². The number of likely N-dealkylation sites (tertiary alicyclic amines) is 1. The van der Waals surface area contributed by atoms with Crippen molar-refractivity contribution in [2.45, 2.75) is 45.7 Å². The first-order valence-electron chi connectivity index (χ1n) is 8.10. The van der Waals surface area contributed by atoms with E-state index in [1.807, 2.05) is 51.1 Å². The third-order valence-electron chi connectivity index (χ3n) is 4.30. The van der Waals surface area contributed by atoms with Crippen LogP contribution in [0.2, 0.25) is 0 Å². The standard InChI is InChI=1S/C18H27N3O2.ClH/c1-12(20-17(23)18(2,3)4)16(22)21-10-14(15(19)11-21)13-8-6-5-7-9-13;/h5-9,12,14-15H,10-11,19H2,1-4H3,(H,20,23);1H/t12?,14-,15+;/m0./s1. The van der Waals surface area contributed by atoms with Gasteiger partial charge in [-0.15, -0.1) is 12.4 Å². The van der Waals surface area contributed by atoms with E-state index in [1.54, 1.807) is 11.8 Å². The Hall–Kier alpha value is -1.59. The van der Waals surface area contributed by atoms with Crippen LogP contribution in [0, 0.1) is 5.41 Å². The number of benzene rings is 1. The van der Waals surface area contributed by atoms with Crippen LogP contribution in [0.3, 0.4) is 0 Å². The van der Waals surface area contributed by atoms with E-state index < -0.39 is 11.5 Å². The summed E-state index contributed by atoms with van der Waals surface area (Å²) in [6.45, 7) is 8.34. The van der Waals surface area contributed by atoms with Gasteiger partial charge < -0.3 is 16.0 Å². The van der Waals surface area contributed by atoms with Gasteiger partial charge in [-0.05, 0) is 12.5 Å². The van der Waals surface area contributed by atoms with Crippen molar-refractivity contribution in [3.05, 3.63) is 35.9 Å². The van der Waals surface area contributed by atoms with Crippen molar-refractivity contribution in [3.8, 4) is 0 Å².